The van der Waals surface area contributed by atoms with Gasteiger partial charge in [0, 0.05) is 125 Å². The number of alkyl carbamates (subject to hydrolysis) is 1. The molecule has 4 fully saturated rings. The van der Waals surface area contributed by atoms with Crippen molar-refractivity contribution in [2.45, 2.75) is 179 Å². The summed E-state index contributed by atoms with van der Waals surface area (Å²) in [5.41, 5.74) is 1.52. The summed E-state index contributed by atoms with van der Waals surface area (Å²) in [5.74, 6) is -4.68. The normalized spacial score (nSPS) is 45.3. The van der Waals surface area contributed by atoms with Crippen LogP contribution in [0.2, 0.25) is 0 Å². The average Bonchev–Trinajstić information content (AvgIpc) is 3.43. The van der Waals surface area contributed by atoms with Crippen LogP contribution in [-0.2, 0) is 47.5 Å². The first-order valence-electron chi connectivity index (χ1n) is 19.8. The Hall–Kier alpha value is 0.243. The number of carbonyl (C=O) groups excluding carboxylic acids is 4. The predicted molar refractivity (Wildman–Crippen MR) is 200 cm³/mol. The van der Waals surface area contributed by atoms with E-state index in [0.717, 1.165) is 0 Å². The summed E-state index contributed by atoms with van der Waals surface area (Å²) < 4.78 is 49.6. The monoisotopic (exact) mass is 1260 g/mol. The molecule has 0 aromatic rings. The molecule has 0 spiro atoms. The van der Waals surface area contributed by atoms with Gasteiger partial charge in [-0.25, -0.2) is 9.59 Å². The van der Waals surface area contributed by atoms with E-state index in [1.807, 2.05) is 25.9 Å². The number of fused-ring (bicyclic) bond motifs is 1. The van der Waals surface area contributed by atoms with Crippen molar-refractivity contribution in [2.75, 3.05) is 21.2 Å². The van der Waals surface area contributed by atoms with Crippen LogP contribution in [0.5, 0.6) is 0 Å². The van der Waals surface area contributed by atoms with Gasteiger partial charge in [0.15, 0.2) is 18.2 Å². The number of nitrogens with two attached hydrogens (primary N) is 1. The molecule has 0 aromatic carbocycles. The van der Waals surface area contributed by atoms with E-state index in [1.165, 1.54) is 7.11 Å². The van der Waals surface area contributed by atoms with E-state index in [1.54, 1.807) is 62.3 Å². The number of likely N-dealkylation sites (N-methyl/N-ethyl adjacent to an activating group) is 1. The van der Waals surface area contributed by atoms with Gasteiger partial charge in [0.05, 0.1) is 35.9 Å². The van der Waals surface area contributed by atoms with E-state index in [4.69, 9.17) is 43.6 Å². The Morgan fingerprint density at radius 2 is 1.57 bits per heavy atom. The number of primary amides is 1. The quantitative estimate of drug-likeness (QED) is 0.203. The van der Waals surface area contributed by atoms with Gasteiger partial charge in [0.1, 0.15) is 35.8 Å². The molecule has 4 heterocycles. The molecule has 4 saturated heterocycles. The number of methoxy groups -OCH3 is 1. The van der Waals surface area contributed by atoms with Crippen LogP contribution < -0.4 is 11.1 Å². The van der Waals surface area contributed by atoms with E-state index in [2.05, 4.69) is 5.32 Å². The maximum absolute atomic E-state index is 14.5. The Balaban J connectivity index is 0.00000580. The predicted octanol–water partition coefficient (Wildman–Crippen LogP) is 2.64. The third-order valence-electron chi connectivity index (χ3n) is 12.8. The molecule has 0 unspecified atom stereocenters. The third kappa shape index (κ3) is 11.7. The SMILES string of the molecule is CC[C@H]1OC(=O)[C@H](C)[C@@H](O[C@H]2C[C@@](C)(OC)[C@@H](O)[C@H](C)O2)[C@H](C)[C@@H](O[C@@H]2O[C@H](C)C[C@H](N(C)C)[C@H]2O)[C@](C)(OC(N)=O)C[C@@H](C)C(=O)[C@H](C)[C@H]2NC(=O)O[C@@]21C.[Ac].[Ac]. The van der Waals surface area contributed by atoms with Crippen molar-refractivity contribution < 1.29 is 155 Å². The fourth-order valence-electron chi connectivity index (χ4n) is 9.47. The number of aliphatic hydroxyl groups excluding tert-OH is 2. The zero-order chi connectivity index (χ0) is 42.2. The van der Waals surface area contributed by atoms with Gasteiger partial charge in [-0.3, -0.25) is 9.59 Å². The molecule has 4 aliphatic rings. The largest absolute Gasteiger partial charge is 0.458 e. The van der Waals surface area contributed by atoms with Crippen LogP contribution in [0, 0.1) is 112 Å². The minimum Gasteiger partial charge on any atom is -0.458 e. The molecule has 0 aliphatic carbocycles. The van der Waals surface area contributed by atoms with Crippen molar-refractivity contribution in [1.29, 1.82) is 0 Å². The molecule has 2 radical (unpaired) electrons. The standard InChI is InChI=1S/C39H67N3O14.2Ac/c1-14-25-39(10)30(41-36(48)56-39)20(4)27(43)18(2)16-38(9,55-35(40)47)32(54-34-28(44)24(42(11)12)15-19(3)50-34)21(5)29(22(6)33(46)52-25)53-26-17-37(8,49-13)31(45)23(7)51-26;;/h18-26,28-32,34,44-45H,14-17H2,1-13H3,(H2,40,47)(H,41,48);;/t18-,19-,20+,21+,22-,23+,24+,25-,26+,28-,29+,30-,31+,32-,34+,37-,38-,39-;;/m1../s1. The molecule has 0 bridgehead atoms. The molecule has 18 atom stereocenters. The van der Waals surface area contributed by atoms with Crippen molar-refractivity contribution in [3.05, 3.63) is 0 Å². The van der Waals surface area contributed by atoms with Crippen LogP contribution in [0.25, 0.3) is 0 Å². The van der Waals surface area contributed by atoms with Crippen LogP contribution in [0.15, 0.2) is 0 Å². The zero-order valence-electron chi connectivity index (χ0n) is 36.5. The number of carbonyl (C=O) groups is 4. The van der Waals surface area contributed by atoms with Gasteiger partial charge in [0.2, 0.25) is 0 Å². The van der Waals surface area contributed by atoms with Crippen LogP contribution in [0.1, 0.15) is 94.9 Å². The second-order valence-corrected chi connectivity index (χ2v) is 17.4. The van der Waals surface area contributed by atoms with Crippen LogP contribution in [0.4, 0.5) is 9.59 Å². The Morgan fingerprint density at radius 1 is 0.948 bits per heavy atom. The summed E-state index contributed by atoms with van der Waals surface area (Å²) in [5, 5.41) is 25.4. The molecule has 4 aliphatic heterocycles. The van der Waals surface area contributed by atoms with Gasteiger partial charge in [-0.2, -0.15) is 0 Å². The first-order chi connectivity index (χ1) is 25.9. The number of amides is 2. The van der Waals surface area contributed by atoms with Crippen LogP contribution in [0.3, 0.4) is 0 Å². The Bertz CT molecular complexity index is 1430. The fraction of sp³-hybridized carbons (Fsp3) is 0.897. The molecular weight excluding hydrogens is 1190 g/mol. The van der Waals surface area contributed by atoms with E-state index in [9.17, 15) is 29.4 Å². The van der Waals surface area contributed by atoms with E-state index in [-0.39, 0.29) is 125 Å². The summed E-state index contributed by atoms with van der Waals surface area (Å²) in [6.45, 7) is 17.0. The second-order valence-electron chi connectivity index (χ2n) is 17.4. The van der Waals surface area contributed by atoms with Crippen LogP contribution >= 0.6 is 0 Å². The molecular formula is C39H67Ac2N3O14. The number of ketones is 1. The van der Waals surface area contributed by atoms with E-state index in [0.29, 0.717) is 6.42 Å². The first-order valence-corrected chi connectivity index (χ1v) is 19.8. The fourth-order valence-corrected chi connectivity index (χ4v) is 9.47. The van der Waals surface area contributed by atoms with Crippen LogP contribution in [-0.4, -0.2) is 144 Å². The molecule has 17 nitrogen and oxygen atoms in total. The van der Waals surface area contributed by atoms with Gasteiger partial charge < -0.3 is 64.1 Å². The number of hydrogen-bond acceptors (Lipinski definition) is 15. The van der Waals surface area contributed by atoms with Gasteiger partial charge in [-0.1, -0.05) is 27.7 Å². The number of Topliss-reactive ketones (excluding diaryl/α,β-unsaturated/α-hetero) is 1. The molecule has 19 heteroatoms. The number of hydrogen-bond donors (Lipinski definition) is 4. The van der Waals surface area contributed by atoms with E-state index < -0.39 is 114 Å². The van der Waals surface area contributed by atoms with Crippen molar-refractivity contribution in [3.63, 3.8) is 0 Å². The molecule has 2 amide bonds. The van der Waals surface area contributed by atoms with Crippen molar-refractivity contribution in [2.24, 2.45) is 29.4 Å². The first kappa shape index (κ1) is 54.4. The summed E-state index contributed by atoms with van der Waals surface area (Å²) in [4.78, 5) is 56.4. The van der Waals surface area contributed by atoms with Crippen molar-refractivity contribution in [1.82, 2.24) is 10.2 Å². The summed E-state index contributed by atoms with van der Waals surface area (Å²) >= 11 is 0. The van der Waals surface area contributed by atoms with Crippen molar-refractivity contribution in [3.8, 4) is 0 Å². The zero-order valence-corrected chi connectivity index (χ0v) is 46.0. The topological polar surface area (TPSA) is 224 Å². The van der Waals surface area contributed by atoms with Crippen molar-refractivity contribution >= 4 is 23.9 Å². The molecule has 5 N–H and O–H groups in total. The Labute approximate surface area is 414 Å². The number of nitrogens with zero attached hydrogens (tertiary/aromatic N) is 1. The Kier molecular flexibility index (Phi) is 20.4. The minimum absolute atomic E-state index is 0. The Morgan fingerprint density at radius 3 is 2.12 bits per heavy atom. The second kappa shape index (κ2) is 21.8. The molecule has 0 aromatic heterocycles. The number of aliphatic hydroxyl groups is 2. The number of rotatable bonds is 8. The third-order valence-corrected chi connectivity index (χ3v) is 12.8. The smallest absolute Gasteiger partial charge is 0.408 e. The minimum atomic E-state index is -1.71. The van der Waals surface area contributed by atoms with Gasteiger partial charge >= 0.3 is 18.2 Å². The number of ether oxygens (including phenoxy) is 8. The number of nitrogens with one attached hydrogen (secondary N) is 1. The maximum Gasteiger partial charge on any atom is 0.408 e. The maximum atomic E-state index is 14.5. The van der Waals surface area contributed by atoms with Gasteiger partial charge in [-0.05, 0) is 74.9 Å². The molecule has 58 heavy (non-hydrogen) atoms. The van der Waals surface area contributed by atoms with Gasteiger partial charge in [-0.15, -0.1) is 0 Å². The molecule has 4 rings (SSSR count). The summed E-state index contributed by atoms with van der Waals surface area (Å²) in [6, 6.07) is -1.27. The van der Waals surface area contributed by atoms with Gasteiger partial charge in [0.25, 0.3) is 0 Å². The molecule has 0 saturated carbocycles. The van der Waals surface area contributed by atoms with E-state index >= 15 is 0 Å². The number of esters is 1. The molecule has 328 valence electrons. The summed E-state index contributed by atoms with van der Waals surface area (Å²) in [6.07, 6.45) is -10.1. The summed E-state index contributed by atoms with van der Waals surface area (Å²) in [7, 11) is 5.14. The number of cyclic esters (lactones) is 1. The average molecular weight is 1260 g/mol.